The van der Waals surface area contributed by atoms with Crippen LogP contribution in [-0.2, 0) is 0 Å². The van der Waals surface area contributed by atoms with Crippen molar-refractivity contribution in [2.45, 2.75) is 6.92 Å². The molecule has 1 nitrogen and oxygen atoms in total. The summed E-state index contributed by atoms with van der Waals surface area (Å²) in [7, 11) is 3.32. The van der Waals surface area contributed by atoms with Crippen LogP contribution in [0.2, 0.25) is 0 Å². The number of rotatable bonds is 0. The molecule has 7 heavy (non-hydrogen) atoms. The van der Waals surface area contributed by atoms with Crippen LogP contribution in [0.15, 0.2) is 4.99 Å². The number of nitrogens with zero attached hydrogens (tertiary/aromatic N) is 1. The monoisotopic (exact) mass is 187 g/mol. The predicted octanol–water partition coefficient (Wildman–Crippen LogP) is -1.44. The molecule has 0 atom stereocenters. The van der Waals surface area contributed by atoms with Crippen molar-refractivity contribution in [1.82, 2.24) is 0 Å². The average molecular weight is 188 g/mol. The van der Waals surface area contributed by atoms with Gasteiger partial charge in [0.15, 0.2) is 0 Å². The van der Waals surface area contributed by atoms with Gasteiger partial charge in [-0.2, -0.15) is 7.05 Å². The van der Waals surface area contributed by atoms with Gasteiger partial charge in [0.1, 0.15) is 0 Å². The van der Waals surface area contributed by atoms with Gasteiger partial charge in [0.05, 0.1) is 0 Å². The fourth-order valence-electron chi connectivity index (χ4n) is 0.0645. The molecule has 0 aliphatic heterocycles. The van der Waals surface area contributed by atoms with Gasteiger partial charge in [-0.15, -0.1) is 0 Å². The topological polar surface area (TPSA) is 12.4 Å². The SMILES string of the molecule is [CH2-]N=C(C)SC.[Rb+]. The van der Waals surface area contributed by atoms with Gasteiger partial charge < -0.3 is 4.99 Å². The summed E-state index contributed by atoms with van der Waals surface area (Å²) >= 11 is 1.61. The maximum absolute atomic E-state index is 3.64. The zero-order valence-corrected chi connectivity index (χ0v) is 10.8. The Hall–Kier alpha value is 1.70. The van der Waals surface area contributed by atoms with Crippen LogP contribution in [0.1, 0.15) is 6.92 Å². The van der Waals surface area contributed by atoms with Crippen LogP contribution in [-0.4, -0.2) is 11.3 Å². The van der Waals surface area contributed by atoms with E-state index < -0.39 is 0 Å². The maximum atomic E-state index is 3.64. The van der Waals surface area contributed by atoms with E-state index in [2.05, 4.69) is 12.0 Å². The van der Waals surface area contributed by atoms with Crippen LogP contribution in [0.4, 0.5) is 0 Å². The summed E-state index contributed by atoms with van der Waals surface area (Å²) in [4.78, 5) is 3.64. The molecule has 0 radical (unpaired) electrons. The molecule has 0 aliphatic carbocycles. The van der Waals surface area contributed by atoms with E-state index in [4.69, 9.17) is 0 Å². The molecule has 0 N–H and O–H groups in total. The Kier molecular flexibility index (Phi) is 12.6. The molecular formula is C4H8NRbS. The van der Waals surface area contributed by atoms with Crippen LogP contribution < -0.4 is 58.2 Å². The van der Waals surface area contributed by atoms with E-state index in [0.29, 0.717) is 0 Å². The second-order valence-electron chi connectivity index (χ2n) is 0.881. The Balaban J connectivity index is 0. The van der Waals surface area contributed by atoms with Gasteiger partial charge in [0.2, 0.25) is 0 Å². The first-order chi connectivity index (χ1) is 2.81. The first-order valence-corrected chi connectivity index (χ1v) is 2.88. The van der Waals surface area contributed by atoms with Crippen molar-refractivity contribution in [1.29, 1.82) is 0 Å². The second kappa shape index (κ2) is 7.70. The van der Waals surface area contributed by atoms with Gasteiger partial charge in [0, 0.05) is 0 Å². The number of hydrogen-bond acceptors (Lipinski definition) is 2. The Bertz CT molecular complexity index is 62.7. The molecule has 0 amide bonds. The van der Waals surface area contributed by atoms with Gasteiger partial charge in [-0.25, -0.2) is 11.8 Å². The number of thioether (sulfide) groups is 1. The van der Waals surface area contributed by atoms with Crippen molar-refractivity contribution in [2.24, 2.45) is 4.99 Å². The summed E-state index contributed by atoms with van der Waals surface area (Å²) in [5, 5.41) is 1.02. The molecular weight excluding hydrogens is 180 g/mol. The third-order valence-electron chi connectivity index (χ3n) is 0.518. The quantitative estimate of drug-likeness (QED) is 0.257. The first kappa shape index (κ1) is 11.5. The van der Waals surface area contributed by atoms with E-state index in [0.717, 1.165) is 5.04 Å². The summed E-state index contributed by atoms with van der Waals surface area (Å²) in [5.41, 5.74) is 0. The molecule has 0 saturated heterocycles. The maximum Gasteiger partial charge on any atom is 1.00 e. The van der Waals surface area contributed by atoms with Crippen LogP contribution in [0.5, 0.6) is 0 Å². The summed E-state index contributed by atoms with van der Waals surface area (Å²) in [6.45, 7) is 1.93. The molecule has 0 heterocycles. The van der Waals surface area contributed by atoms with E-state index in [9.17, 15) is 0 Å². The zero-order valence-electron chi connectivity index (χ0n) is 5.06. The molecule has 0 fully saturated rings. The Morgan fingerprint density at radius 1 is 1.71 bits per heavy atom. The molecule has 0 bridgehead atoms. The predicted molar refractivity (Wildman–Crippen MR) is 32.0 cm³/mol. The molecule has 0 unspecified atom stereocenters. The molecule has 3 heteroatoms. The zero-order chi connectivity index (χ0) is 4.99. The van der Waals surface area contributed by atoms with Gasteiger partial charge >= 0.3 is 58.2 Å². The van der Waals surface area contributed by atoms with Crippen molar-refractivity contribution in [3.8, 4) is 0 Å². The van der Waals surface area contributed by atoms with E-state index in [-0.39, 0.29) is 58.2 Å². The van der Waals surface area contributed by atoms with Gasteiger partial charge in [0.25, 0.3) is 0 Å². The third-order valence-corrected chi connectivity index (χ3v) is 1.24. The van der Waals surface area contributed by atoms with Crippen LogP contribution in [0.3, 0.4) is 0 Å². The largest absolute Gasteiger partial charge is 1.00 e. The van der Waals surface area contributed by atoms with Gasteiger partial charge in [-0.05, 0) is 6.26 Å². The molecule has 0 rings (SSSR count). The molecule has 0 saturated carbocycles. The number of aliphatic imine (C=N–C) groups is 1. The smallest absolute Gasteiger partial charge is 0.448 e. The Morgan fingerprint density at radius 3 is 2.14 bits per heavy atom. The van der Waals surface area contributed by atoms with Gasteiger partial charge in [-0.3, -0.25) is 0 Å². The summed E-state index contributed by atoms with van der Waals surface area (Å²) in [6, 6.07) is 0. The molecule has 0 aromatic heterocycles. The second-order valence-corrected chi connectivity index (χ2v) is 1.88. The van der Waals surface area contributed by atoms with E-state index in [1.165, 1.54) is 0 Å². The van der Waals surface area contributed by atoms with Crippen molar-refractivity contribution < 1.29 is 58.2 Å². The minimum atomic E-state index is 0. The minimum Gasteiger partial charge on any atom is -0.448 e. The molecule has 0 aliphatic rings. The molecule has 0 spiro atoms. The molecule has 36 valence electrons. The summed E-state index contributed by atoms with van der Waals surface area (Å²) in [5.74, 6) is 0. The van der Waals surface area contributed by atoms with Crippen molar-refractivity contribution in [3.63, 3.8) is 0 Å². The third kappa shape index (κ3) is 7.70. The van der Waals surface area contributed by atoms with Crippen LogP contribution in [0, 0.1) is 7.05 Å². The normalized spacial score (nSPS) is 10.3. The Morgan fingerprint density at radius 2 is 2.14 bits per heavy atom. The molecule has 0 aromatic rings. The van der Waals surface area contributed by atoms with Crippen LogP contribution in [0.25, 0.3) is 0 Å². The first-order valence-electron chi connectivity index (χ1n) is 1.65. The summed E-state index contributed by atoms with van der Waals surface area (Å²) < 4.78 is 0. The standard InChI is InChI=1S/C4H8NS.Rb/c1-4(5-2)6-3;/h2H2,1,3H3;/q-1;+1. The van der Waals surface area contributed by atoms with Crippen LogP contribution >= 0.6 is 11.8 Å². The fraction of sp³-hybridized carbons (Fsp3) is 0.500. The Labute approximate surface area is 98.1 Å². The number of hydrogen-bond donors (Lipinski definition) is 0. The van der Waals surface area contributed by atoms with Gasteiger partial charge in [-0.1, -0.05) is 12.0 Å². The van der Waals surface area contributed by atoms with Crippen molar-refractivity contribution in [3.05, 3.63) is 7.05 Å². The van der Waals surface area contributed by atoms with E-state index in [1.54, 1.807) is 11.8 Å². The fourth-order valence-corrected chi connectivity index (χ4v) is 0.194. The van der Waals surface area contributed by atoms with Crippen molar-refractivity contribution >= 4 is 16.8 Å². The van der Waals surface area contributed by atoms with E-state index >= 15 is 0 Å². The molecule has 0 aromatic carbocycles. The average Bonchev–Trinajstić information content (AvgIpc) is 1.65. The summed E-state index contributed by atoms with van der Waals surface area (Å²) in [6.07, 6.45) is 1.98. The van der Waals surface area contributed by atoms with E-state index in [1.807, 2.05) is 13.2 Å². The minimum absolute atomic E-state index is 0. The van der Waals surface area contributed by atoms with Crippen molar-refractivity contribution in [2.75, 3.05) is 6.26 Å².